The van der Waals surface area contributed by atoms with Crippen LogP contribution in [0.1, 0.15) is 31.2 Å². The first-order chi connectivity index (χ1) is 8.86. The zero-order chi connectivity index (χ0) is 12.4. The molecule has 0 amide bonds. The van der Waals surface area contributed by atoms with Gasteiger partial charge in [-0.15, -0.1) is 0 Å². The van der Waals surface area contributed by atoms with Gasteiger partial charge in [0, 0.05) is 19.3 Å². The van der Waals surface area contributed by atoms with Gasteiger partial charge in [0.2, 0.25) is 0 Å². The van der Waals surface area contributed by atoms with Gasteiger partial charge in [0.25, 0.3) is 0 Å². The number of rotatable bonds is 1. The first-order valence-corrected chi connectivity index (χ1v) is 6.67. The van der Waals surface area contributed by atoms with Crippen LogP contribution in [-0.2, 0) is 0 Å². The van der Waals surface area contributed by atoms with E-state index in [9.17, 15) is 0 Å². The summed E-state index contributed by atoms with van der Waals surface area (Å²) in [6.07, 6.45) is 9.28. The normalized spacial score (nSPS) is 22.9. The van der Waals surface area contributed by atoms with Gasteiger partial charge in [-0.3, -0.25) is 0 Å². The molecule has 3 nitrogen and oxygen atoms in total. The van der Waals surface area contributed by atoms with Crippen molar-refractivity contribution < 1.29 is 0 Å². The molecule has 0 radical (unpaired) electrons. The van der Waals surface area contributed by atoms with Gasteiger partial charge in [0.15, 0.2) is 0 Å². The van der Waals surface area contributed by atoms with E-state index >= 15 is 0 Å². The van der Waals surface area contributed by atoms with E-state index in [1.54, 1.807) is 11.8 Å². The molecule has 2 aliphatic rings. The topological polar surface area (TPSA) is 39.9 Å². The first kappa shape index (κ1) is 11.3. The van der Waals surface area contributed by atoms with Crippen molar-refractivity contribution in [3.63, 3.8) is 0 Å². The van der Waals surface area contributed by atoms with Crippen molar-refractivity contribution in [1.82, 2.24) is 4.98 Å². The Bertz CT molecular complexity index is 495. The molecule has 1 atom stereocenters. The lowest BCUT2D eigenvalue weighted by Gasteiger charge is -2.37. The Morgan fingerprint density at radius 3 is 3.06 bits per heavy atom. The van der Waals surface area contributed by atoms with Gasteiger partial charge in [-0.05, 0) is 43.7 Å². The van der Waals surface area contributed by atoms with Crippen molar-refractivity contribution in [3.8, 4) is 6.07 Å². The average molecular weight is 239 g/mol. The van der Waals surface area contributed by atoms with Crippen molar-refractivity contribution in [3.05, 3.63) is 35.5 Å². The summed E-state index contributed by atoms with van der Waals surface area (Å²) < 4.78 is 0. The second kappa shape index (κ2) is 4.81. The number of anilines is 1. The molecule has 92 valence electrons. The predicted molar refractivity (Wildman–Crippen MR) is 71.2 cm³/mol. The lowest BCUT2D eigenvalue weighted by molar-refractivity contribution is 0.437. The molecule has 0 N–H and O–H groups in total. The number of pyridine rings is 1. The summed E-state index contributed by atoms with van der Waals surface area (Å²) in [4.78, 5) is 6.72. The van der Waals surface area contributed by atoms with Gasteiger partial charge in [-0.2, -0.15) is 5.26 Å². The molecule has 1 aliphatic heterocycles. The summed E-state index contributed by atoms with van der Waals surface area (Å²) >= 11 is 0. The SMILES string of the molecule is N#Cc1ccc(N2CCC3CCCC=C3C2)nc1. The third-order valence-electron chi connectivity index (χ3n) is 4.01. The number of aromatic nitrogens is 1. The minimum atomic E-state index is 0.630. The molecule has 2 heterocycles. The van der Waals surface area contributed by atoms with Crippen LogP contribution in [0.15, 0.2) is 30.0 Å². The highest BCUT2D eigenvalue weighted by molar-refractivity contribution is 5.44. The lowest BCUT2D eigenvalue weighted by Crippen LogP contribution is -2.36. The van der Waals surface area contributed by atoms with Crippen LogP contribution in [0.2, 0.25) is 0 Å². The Morgan fingerprint density at radius 1 is 1.33 bits per heavy atom. The molecule has 18 heavy (non-hydrogen) atoms. The first-order valence-electron chi connectivity index (χ1n) is 6.67. The monoisotopic (exact) mass is 239 g/mol. The van der Waals surface area contributed by atoms with Gasteiger partial charge in [-0.25, -0.2) is 4.98 Å². The molecule has 0 bridgehead atoms. The molecule has 1 unspecified atom stereocenters. The molecular weight excluding hydrogens is 222 g/mol. The van der Waals surface area contributed by atoms with Gasteiger partial charge in [0.1, 0.15) is 11.9 Å². The molecule has 3 rings (SSSR count). The molecule has 1 saturated heterocycles. The van der Waals surface area contributed by atoms with E-state index in [-0.39, 0.29) is 0 Å². The van der Waals surface area contributed by atoms with Gasteiger partial charge in [0.05, 0.1) is 5.56 Å². The Morgan fingerprint density at radius 2 is 2.28 bits per heavy atom. The van der Waals surface area contributed by atoms with Crippen LogP contribution in [0.5, 0.6) is 0 Å². The van der Waals surface area contributed by atoms with Crippen LogP contribution in [0.25, 0.3) is 0 Å². The fourth-order valence-electron chi connectivity index (χ4n) is 2.97. The van der Waals surface area contributed by atoms with Crippen LogP contribution < -0.4 is 4.90 Å². The quantitative estimate of drug-likeness (QED) is 0.707. The highest BCUT2D eigenvalue weighted by atomic mass is 15.2. The van der Waals surface area contributed by atoms with E-state index in [0.717, 1.165) is 24.8 Å². The van der Waals surface area contributed by atoms with E-state index in [4.69, 9.17) is 5.26 Å². The number of allylic oxidation sites excluding steroid dienone is 1. The van der Waals surface area contributed by atoms with E-state index in [0.29, 0.717) is 5.56 Å². The van der Waals surface area contributed by atoms with E-state index in [2.05, 4.69) is 22.0 Å². The molecule has 0 saturated carbocycles. The molecule has 0 spiro atoms. The van der Waals surface area contributed by atoms with Crippen LogP contribution in [0.3, 0.4) is 0 Å². The van der Waals surface area contributed by atoms with Gasteiger partial charge < -0.3 is 4.90 Å². The molecule has 3 heteroatoms. The molecule has 1 aromatic rings. The summed E-state index contributed by atoms with van der Waals surface area (Å²) in [5, 5.41) is 8.78. The van der Waals surface area contributed by atoms with Crippen LogP contribution in [-0.4, -0.2) is 18.1 Å². The van der Waals surface area contributed by atoms with E-state index in [1.165, 1.54) is 25.7 Å². The van der Waals surface area contributed by atoms with Crippen LogP contribution >= 0.6 is 0 Å². The van der Waals surface area contributed by atoms with Gasteiger partial charge in [-0.1, -0.05) is 11.6 Å². The Kier molecular flexibility index (Phi) is 3.02. The minimum absolute atomic E-state index is 0.630. The lowest BCUT2D eigenvalue weighted by atomic mass is 9.82. The van der Waals surface area contributed by atoms with Crippen molar-refractivity contribution in [2.45, 2.75) is 25.7 Å². The summed E-state index contributed by atoms with van der Waals surface area (Å²) in [6, 6.07) is 5.92. The maximum Gasteiger partial charge on any atom is 0.128 e. The molecular formula is C15H17N3. The van der Waals surface area contributed by atoms with Crippen LogP contribution in [0.4, 0.5) is 5.82 Å². The number of hydrogen-bond donors (Lipinski definition) is 0. The number of nitriles is 1. The minimum Gasteiger partial charge on any atom is -0.353 e. The zero-order valence-corrected chi connectivity index (χ0v) is 10.5. The third-order valence-corrected chi connectivity index (χ3v) is 4.01. The summed E-state index contributed by atoms with van der Waals surface area (Å²) in [7, 11) is 0. The molecule has 0 aromatic carbocycles. The van der Waals surface area contributed by atoms with Crippen molar-refractivity contribution in [2.75, 3.05) is 18.0 Å². The third kappa shape index (κ3) is 2.11. The van der Waals surface area contributed by atoms with Crippen molar-refractivity contribution in [2.24, 2.45) is 5.92 Å². The summed E-state index contributed by atoms with van der Waals surface area (Å²) in [6.45, 7) is 2.10. The fraction of sp³-hybridized carbons (Fsp3) is 0.467. The smallest absolute Gasteiger partial charge is 0.128 e. The summed E-state index contributed by atoms with van der Waals surface area (Å²) in [5.41, 5.74) is 2.23. The molecule has 1 fully saturated rings. The maximum absolute atomic E-state index is 8.78. The second-order valence-corrected chi connectivity index (χ2v) is 5.13. The summed E-state index contributed by atoms with van der Waals surface area (Å²) in [5.74, 6) is 1.81. The standard InChI is InChI=1S/C15H17N3/c16-9-12-5-6-15(17-10-12)18-8-7-13-3-1-2-4-14(13)11-18/h4-6,10,13H,1-3,7-8,11H2. The largest absolute Gasteiger partial charge is 0.353 e. The second-order valence-electron chi connectivity index (χ2n) is 5.13. The highest BCUT2D eigenvalue weighted by Gasteiger charge is 2.25. The van der Waals surface area contributed by atoms with E-state index in [1.807, 2.05) is 12.1 Å². The number of hydrogen-bond acceptors (Lipinski definition) is 3. The Labute approximate surface area is 108 Å². The predicted octanol–water partition coefficient (Wildman–Crippen LogP) is 2.89. The zero-order valence-electron chi connectivity index (χ0n) is 10.5. The van der Waals surface area contributed by atoms with Gasteiger partial charge >= 0.3 is 0 Å². The molecule has 1 aromatic heterocycles. The maximum atomic E-state index is 8.78. The van der Waals surface area contributed by atoms with Crippen LogP contribution in [0, 0.1) is 17.2 Å². The van der Waals surface area contributed by atoms with Crippen molar-refractivity contribution in [1.29, 1.82) is 5.26 Å². The number of nitrogens with zero attached hydrogens (tertiary/aromatic N) is 3. The van der Waals surface area contributed by atoms with E-state index < -0.39 is 0 Å². The average Bonchev–Trinajstić information content (AvgIpc) is 2.47. The highest BCUT2D eigenvalue weighted by Crippen LogP contribution is 2.33. The fourth-order valence-corrected chi connectivity index (χ4v) is 2.97. The molecule has 1 aliphatic carbocycles. The number of fused-ring (bicyclic) bond motifs is 1. The number of piperidine rings is 1. The van der Waals surface area contributed by atoms with Crippen molar-refractivity contribution >= 4 is 5.82 Å². The Balaban J connectivity index is 1.77. The Hall–Kier alpha value is -1.82.